The van der Waals surface area contributed by atoms with E-state index in [1.54, 1.807) is 16.7 Å². The van der Waals surface area contributed by atoms with E-state index in [0.717, 1.165) is 44.1 Å². The van der Waals surface area contributed by atoms with Gasteiger partial charge in [-0.15, -0.1) is 11.8 Å². The van der Waals surface area contributed by atoms with Crippen LogP contribution in [0.2, 0.25) is 0 Å². The van der Waals surface area contributed by atoms with Gasteiger partial charge in [0.15, 0.2) is 0 Å². The Morgan fingerprint density at radius 1 is 0.944 bits per heavy atom. The Morgan fingerprint density at radius 2 is 1.72 bits per heavy atom. The smallest absolute Gasteiger partial charge is 0.326 e. The zero-order valence-electron chi connectivity index (χ0n) is 21.0. The summed E-state index contributed by atoms with van der Waals surface area (Å²) in [6.07, 6.45) is 2.03. The van der Waals surface area contributed by atoms with Crippen LogP contribution in [-0.2, 0) is 0 Å². The highest BCUT2D eigenvalue weighted by atomic mass is 32.2. The first-order valence-electron chi connectivity index (χ1n) is 11.8. The molecule has 3 aromatic carbocycles. The van der Waals surface area contributed by atoms with Crippen molar-refractivity contribution in [2.75, 3.05) is 11.2 Å². The monoisotopic (exact) mass is 496 g/mol. The van der Waals surface area contributed by atoms with E-state index in [4.69, 9.17) is 9.51 Å². The first-order chi connectivity index (χ1) is 17.4. The molecule has 6 nitrogen and oxygen atoms in total. The fourth-order valence-electron chi connectivity index (χ4n) is 4.49. The van der Waals surface area contributed by atoms with Gasteiger partial charge in [0.25, 0.3) is 5.89 Å². The van der Waals surface area contributed by atoms with Crippen molar-refractivity contribution >= 4 is 29.1 Å². The van der Waals surface area contributed by atoms with Crippen molar-refractivity contribution in [3.63, 3.8) is 0 Å². The summed E-state index contributed by atoms with van der Waals surface area (Å²) < 4.78 is 5.83. The maximum atomic E-state index is 13.4. The highest BCUT2D eigenvalue weighted by Gasteiger charge is 2.36. The van der Waals surface area contributed by atoms with Crippen molar-refractivity contribution in [3.05, 3.63) is 101 Å². The quantitative estimate of drug-likeness (QED) is 0.299. The van der Waals surface area contributed by atoms with Gasteiger partial charge in [-0.1, -0.05) is 47.1 Å². The maximum Gasteiger partial charge on any atom is 0.326 e. The maximum absolute atomic E-state index is 13.4. The molecule has 182 valence electrons. The summed E-state index contributed by atoms with van der Waals surface area (Å²) in [6, 6.07) is 21.5. The first-order valence-corrected chi connectivity index (χ1v) is 13.0. The predicted molar refractivity (Wildman–Crippen MR) is 145 cm³/mol. The van der Waals surface area contributed by atoms with Crippen molar-refractivity contribution in [3.8, 4) is 11.4 Å². The number of thioether (sulfide) groups is 1. The number of hydrogen-bond donors (Lipinski definition) is 1. The average molecular weight is 497 g/mol. The predicted octanol–water partition coefficient (Wildman–Crippen LogP) is 7.09. The number of aryl methyl sites for hydroxylation is 3. The third-order valence-electron chi connectivity index (χ3n) is 6.61. The Bertz CT molecular complexity index is 1470. The summed E-state index contributed by atoms with van der Waals surface area (Å²) in [4.78, 5) is 21.0. The topological polar surface area (TPSA) is 71.3 Å². The highest BCUT2D eigenvalue weighted by molar-refractivity contribution is 7.98. The number of aromatic nitrogens is 2. The first kappa shape index (κ1) is 23.9. The van der Waals surface area contributed by atoms with Gasteiger partial charge in [-0.05, 0) is 81.0 Å². The molecule has 1 N–H and O–H groups in total. The van der Waals surface area contributed by atoms with Crippen LogP contribution in [0.15, 0.2) is 81.8 Å². The number of carbonyl (C=O) groups is 1. The van der Waals surface area contributed by atoms with Crippen molar-refractivity contribution < 1.29 is 9.32 Å². The van der Waals surface area contributed by atoms with Gasteiger partial charge >= 0.3 is 6.03 Å². The second-order valence-corrected chi connectivity index (χ2v) is 9.93. The molecule has 0 saturated heterocycles. The fourth-order valence-corrected chi connectivity index (χ4v) is 4.90. The number of anilines is 1. The van der Waals surface area contributed by atoms with E-state index in [9.17, 15) is 4.79 Å². The molecule has 0 fully saturated rings. The molecule has 0 bridgehead atoms. The molecule has 0 aliphatic carbocycles. The normalized spacial score (nSPS) is 15.9. The number of nitrogens with one attached hydrogen (secondary N) is 1. The zero-order chi connectivity index (χ0) is 25.4. The number of rotatable bonds is 5. The number of urea groups is 1. The van der Waals surface area contributed by atoms with Gasteiger partial charge in [-0.2, -0.15) is 4.98 Å². The minimum absolute atomic E-state index is 0.199. The Balaban J connectivity index is 1.65. The molecule has 1 aliphatic rings. The van der Waals surface area contributed by atoms with Crippen LogP contribution < -0.4 is 10.2 Å². The lowest BCUT2D eigenvalue weighted by atomic mass is 9.92. The molecule has 1 aliphatic heterocycles. The molecule has 36 heavy (non-hydrogen) atoms. The van der Waals surface area contributed by atoms with Crippen LogP contribution >= 0.6 is 11.8 Å². The van der Waals surface area contributed by atoms with Gasteiger partial charge < -0.3 is 9.84 Å². The van der Waals surface area contributed by atoms with Gasteiger partial charge in [-0.25, -0.2) is 4.79 Å². The number of nitrogens with zero attached hydrogens (tertiary/aromatic N) is 3. The van der Waals surface area contributed by atoms with Crippen LogP contribution in [0, 0.1) is 20.8 Å². The molecule has 0 radical (unpaired) electrons. The standard InChI is InChI=1S/C29H28N4O2S/c1-17-7-6-8-22(15-17)27-31-28(35-32-27)25-20(4)33(23-11-13-24(36-5)14-12-23)29(34)30-26(25)21-10-9-18(2)19(3)16-21/h6-16,26H,1-5H3,(H,30,34). The van der Waals surface area contributed by atoms with E-state index in [0.29, 0.717) is 11.7 Å². The lowest BCUT2D eigenvalue weighted by Crippen LogP contribution is -2.46. The molecule has 1 aromatic heterocycles. The van der Waals surface area contributed by atoms with E-state index in [1.807, 2.05) is 74.7 Å². The average Bonchev–Trinajstić information content (AvgIpc) is 3.35. The molecule has 2 amide bonds. The molecule has 7 heteroatoms. The Labute approximate surface area is 215 Å². The molecule has 1 unspecified atom stereocenters. The van der Waals surface area contributed by atoms with Gasteiger partial charge in [-0.3, -0.25) is 4.90 Å². The van der Waals surface area contributed by atoms with Crippen LogP contribution in [0.3, 0.4) is 0 Å². The Hall–Kier alpha value is -3.84. The molecule has 0 spiro atoms. The summed E-state index contributed by atoms with van der Waals surface area (Å²) in [5.74, 6) is 0.901. The van der Waals surface area contributed by atoms with E-state index in [-0.39, 0.29) is 6.03 Å². The zero-order valence-corrected chi connectivity index (χ0v) is 21.8. The number of hydrogen-bond acceptors (Lipinski definition) is 5. The van der Waals surface area contributed by atoms with Crippen LogP contribution in [0.1, 0.15) is 41.1 Å². The molecule has 0 saturated carbocycles. The summed E-state index contributed by atoms with van der Waals surface area (Å²) in [6.45, 7) is 8.11. The van der Waals surface area contributed by atoms with Crippen LogP contribution in [-0.4, -0.2) is 22.4 Å². The number of carbonyl (C=O) groups excluding carboxylic acids is 1. The number of amides is 2. The van der Waals surface area contributed by atoms with Crippen LogP contribution in [0.4, 0.5) is 10.5 Å². The van der Waals surface area contributed by atoms with Gasteiger partial charge in [0.05, 0.1) is 17.3 Å². The Kier molecular flexibility index (Phi) is 6.41. The van der Waals surface area contributed by atoms with Crippen molar-refractivity contribution in [2.45, 2.75) is 38.6 Å². The molecule has 2 heterocycles. The molecule has 5 rings (SSSR count). The molecule has 4 aromatic rings. The van der Waals surface area contributed by atoms with Crippen LogP contribution in [0.5, 0.6) is 0 Å². The second-order valence-electron chi connectivity index (χ2n) is 9.05. The van der Waals surface area contributed by atoms with Gasteiger partial charge in [0.1, 0.15) is 0 Å². The van der Waals surface area contributed by atoms with Gasteiger partial charge in [0, 0.05) is 16.2 Å². The largest absolute Gasteiger partial charge is 0.334 e. The number of allylic oxidation sites excluding steroid dienone is 1. The lowest BCUT2D eigenvalue weighted by Gasteiger charge is -2.35. The van der Waals surface area contributed by atoms with Crippen LogP contribution in [0.25, 0.3) is 17.0 Å². The highest BCUT2D eigenvalue weighted by Crippen LogP contribution is 2.39. The summed E-state index contributed by atoms with van der Waals surface area (Å²) in [5.41, 5.74) is 7.61. The number of benzene rings is 3. The Morgan fingerprint density at radius 3 is 2.42 bits per heavy atom. The molecular weight excluding hydrogens is 468 g/mol. The van der Waals surface area contributed by atoms with E-state index < -0.39 is 6.04 Å². The fraction of sp³-hybridized carbons (Fsp3) is 0.207. The third kappa shape index (κ3) is 4.42. The molecular formula is C29H28N4O2S. The second kappa shape index (κ2) is 9.66. The SMILES string of the molecule is CSc1ccc(N2C(=O)NC(c3ccc(C)c(C)c3)C(c3nc(-c4cccc(C)c4)no3)=C2C)cc1. The summed E-state index contributed by atoms with van der Waals surface area (Å²) in [5, 5.41) is 7.47. The summed E-state index contributed by atoms with van der Waals surface area (Å²) >= 11 is 1.66. The van der Waals surface area contributed by atoms with Crippen molar-refractivity contribution in [2.24, 2.45) is 0 Å². The minimum atomic E-state index is -0.427. The minimum Gasteiger partial charge on any atom is -0.334 e. The van der Waals surface area contributed by atoms with E-state index in [1.165, 1.54) is 5.56 Å². The molecule has 1 atom stereocenters. The lowest BCUT2D eigenvalue weighted by molar-refractivity contribution is 0.244. The summed E-state index contributed by atoms with van der Waals surface area (Å²) in [7, 11) is 0. The van der Waals surface area contributed by atoms with Crippen molar-refractivity contribution in [1.29, 1.82) is 0 Å². The third-order valence-corrected chi connectivity index (χ3v) is 7.36. The van der Waals surface area contributed by atoms with E-state index >= 15 is 0 Å². The van der Waals surface area contributed by atoms with Gasteiger partial charge in [0.2, 0.25) is 5.82 Å². The van der Waals surface area contributed by atoms with E-state index in [2.05, 4.69) is 36.5 Å². The van der Waals surface area contributed by atoms with Crippen molar-refractivity contribution in [1.82, 2.24) is 15.5 Å².